The van der Waals surface area contributed by atoms with Crippen LogP contribution in [0.5, 0.6) is 0 Å². The van der Waals surface area contributed by atoms with Crippen LogP contribution in [0, 0.1) is 12.7 Å². The number of carbonyl (C=O) groups excluding carboxylic acids is 1. The van der Waals surface area contributed by atoms with Gasteiger partial charge in [-0.15, -0.1) is 0 Å². The number of aryl methyl sites for hydroxylation is 1. The zero-order valence-corrected chi connectivity index (χ0v) is 15.7. The summed E-state index contributed by atoms with van der Waals surface area (Å²) in [5.74, 6) is 0.488. The molecule has 0 aliphatic carbocycles. The van der Waals surface area contributed by atoms with E-state index in [1.54, 1.807) is 6.07 Å². The topological polar surface area (TPSA) is 58.4 Å². The average Bonchev–Trinajstić information content (AvgIpc) is 3.31. The van der Waals surface area contributed by atoms with Gasteiger partial charge in [0.15, 0.2) is 5.76 Å². The monoisotopic (exact) mass is 379 g/mol. The molecule has 1 atom stereocenters. The molecule has 1 amide bonds. The lowest BCUT2D eigenvalue weighted by Gasteiger charge is -2.22. The second kappa shape index (κ2) is 7.94. The molecule has 1 aliphatic heterocycles. The molecule has 0 unspecified atom stereocenters. The number of anilines is 1. The predicted molar refractivity (Wildman–Crippen MR) is 105 cm³/mol. The van der Waals surface area contributed by atoms with Gasteiger partial charge in [0.1, 0.15) is 5.82 Å². The lowest BCUT2D eigenvalue weighted by Crippen LogP contribution is -2.39. The maximum Gasteiger partial charge on any atom is 0.241 e. The van der Waals surface area contributed by atoms with E-state index in [4.69, 9.17) is 4.52 Å². The average molecular weight is 379 g/mol. The predicted octanol–water partition coefficient (Wildman–Crippen LogP) is 4.39. The second-order valence-electron chi connectivity index (χ2n) is 7.14. The van der Waals surface area contributed by atoms with Crippen molar-refractivity contribution in [1.29, 1.82) is 0 Å². The van der Waals surface area contributed by atoms with Crippen LogP contribution in [0.1, 0.15) is 24.3 Å². The zero-order chi connectivity index (χ0) is 19.5. The van der Waals surface area contributed by atoms with Crippen LogP contribution in [0.15, 0.2) is 59.1 Å². The van der Waals surface area contributed by atoms with Gasteiger partial charge in [-0.2, -0.15) is 0 Å². The molecule has 5 nitrogen and oxygen atoms in total. The standard InChI is InChI=1S/C22H22FN3O2/c1-15-12-20(28-25-15)14-26-11-3-6-21(26)22(27)24-19-9-7-16(8-10-19)17-4-2-5-18(23)13-17/h2,4-5,7-10,12-13,21H,3,6,11,14H2,1H3,(H,24,27)/t21-/m0/s1. The van der Waals surface area contributed by atoms with Gasteiger partial charge in [0, 0.05) is 11.8 Å². The number of benzene rings is 2. The summed E-state index contributed by atoms with van der Waals surface area (Å²) in [7, 11) is 0. The van der Waals surface area contributed by atoms with E-state index < -0.39 is 0 Å². The van der Waals surface area contributed by atoms with Crippen molar-refractivity contribution in [3.8, 4) is 11.1 Å². The fraction of sp³-hybridized carbons (Fsp3) is 0.273. The van der Waals surface area contributed by atoms with Crippen LogP contribution in [0.25, 0.3) is 11.1 Å². The maximum absolute atomic E-state index is 13.4. The molecule has 6 heteroatoms. The van der Waals surface area contributed by atoms with Crippen molar-refractivity contribution in [3.63, 3.8) is 0 Å². The number of rotatable bonds is 5. The van der Waals surface area contributed by atoms with Crippen molar-refractivity contribution >= 4 is 11.6 Å². The highest BCUT2D eigenvalue weighted by atomic mass is 19.1. The van der Waals surface area contributed by atoms with Gasteiger partial charge in [0.25, 0.3) is 0 Å². The number of amides is 1. The quantitative estimate of drug-likeness (QED) is 0.714. The molecule has 2 aromatic carbocycles. The SMILES string of the molecule is Cc1cc(CN2CCC[C@H]2C(=O)Nc2ccc(-c3cccc(F)c3)cc2)on1. The first kappa shape index (κ1) is 18.4. The molecule has 28 heavy (non-hydrogen) atoms. The molecule has 1 fully saturated rings. The van der Waals surface area contributed by atoms with E-state index >= 15 is 0 Å². The van der Waals surface area contributed by atoms with Crippen molar-refractivity contribution in [3.05, 3.63) is 71.9 Å². The fourth-order valence-corrected chi connectivity index (χ4v) is 3.64. The molecule has 1 aliphatic rings. The Bertz CT molecular complexity index is 968. The third-order valence-electron chi connectivity index (χ3n) is 5.01. The number of hydrogen-bond donors (Lipinski definition) is 1. The van der Waals surface area contributed by atoms with E-state index in [2.05, 4.69) is 15.4 Å². The maximum atomic E-state index is 13.4. The summed E-state index contributed by atoms with van der Waals surface area (Å²) in [5, 5.41) is 6.90. The summed E-state index contributed by atoms with van der Waals surface area (Å²) in [6.07, 6.45) is 1.80. The molecule has 1 aromatic heterocycles. The minimum Gasteiger partial charge on any atom is -0.360 e. The van der Waals surface area contributed by atoms with Gasteiger partial charge in [-0.3, -0.25) is 9.69 Å². The van der Waals surface area contributed by atoms with E-state index in [0.717, 1.165) is 47.7 Å². The highest BCUT2D eigenvalue weighted by molar-refractivity contribution is 5.95. The lowest BCUT2D eigenvalue weighted by molar-refractivity contribution is -0.120. The van der Waals surface area contributed by atoms with Crippen molar-refractivity contribution in [1.82, 2.24) is 10.1 Å². The van der Waals surface area contributed by atoms with Crippen molar-refractivity contribution in [2.45, 2.75) is 32.4 Å². The van der Waals surface area contributed by atoms with Gasteiger partial charge in [-0.25, -0.2) is 4.39 Å². The van der Waals surface area contributed by atoms with Crippen LogP contribution in [-0.2, 0) is 11.3 Å². The van der Waals surface area contributed by atoms with Crippen LogP contribution in [0.2, 0.25) is 0 Å². The number of halogens is 1. The second-order valence-corrected chi connectivity index (χ2v) is 7.14. The molecule has 2 heterocycles. The van der Waals surface area contributed by atoms with Gasteiger partial charge in [-0.05, 0) is 61.7 Å². The summed E-state index contributed by atoms with van der Waals surface area (Å²) in [5.41, 5.74) is 3.28. The van der Waals surface area contributed by atoms with E-state index in [1.165, 1.54) is 12.1 Å². The van der Waals surface area contributed by atoms with Gasteiger partial charge >= 0.3 is 0 Å². The molecule has 0 radical (unpaired) electrons. The van der Waals surface area contributed by atoms with E-state index in [1.807, 2.05) is 43.3 Å². The number of hydrogen-bond acceptors (Lipinski definition) is 4. The molecular formula is C22H22FN3O2. The van der Waals surface area contributed by atoms with Crippen LogP contribution < -0.4 is 5.32 Å². The third-order valence-corrected chi connectivity index (χ3v) is 5.01. The fourth-order valence-electron chi connectivity index (χ4n) is 3.64. The number of aromatic nitrogens is 1. The Morgan fingerprint density at radius 3 is 2.75 bits per heavy atom. The molecular weight excluding hydrogens is 357 g/mol. The van der Waals surface area contributed by atoms with E-state index in [0.29, 0.717) is 6.54 Å². The van der Waals surface area contributed by atoms with Gasteiger partial charge < -0.3 is 9.84 Å². The minimum absolute atomic E-state index is 0.0211. The van der Waals surface area contributed by atoms with Crippen LogP contribution in [0.3, 0.4) is 0 Å². The Balaban J connectivity index is 1.41. The van der Waals surface area contributed by atoms with Crippen molar-refractivity contribution < 1.29 is 13.7 Å². The Kier molecular flexibility index (Phi) is 5.21. The Hall–Kier alpha value is -2.99. The highest BCUT2D eigenvalue weighted by Gasteiger charge is 2.31. The zero-order valence-electron chi connectivity index (χ0n) is 15.7. The molecule has 3 aromatic rings. The molecule has 0 spiro atoms. The number of nitrogens with one attached hydrogen (secondary N) is 1. The van der Waals surface area contributed by atoms with E-state index in [-0.39, 0.29) is 17.8 Å². The van der Waals surface area contributed by atoms with Crippen molar-refractivity contribution in [2.24, 2.45) is 0 Å². The van der Waals surface area contributed by atoms with E-state index in [9.17, 15) is 9.18 Å². The summed E-state index contributed by atoms with van der Waals surface area (Å²) < 4.78 is 18.7. The smallest absolute Gasteiger partial charge is 0.241 e. The lowest BCUT2D eigenvalue weighted by atomic mass is 10.1. The van der Waals surface area contributed by atoms with Crippen LogP contribution >= 0.6 is 0 Å². The highest BCUT2D eigenvalue weighted by Crippen LogP contribution is 2.24. The summed E-state index contributed by atoms with van der Waals surface area (Å²) >= 11 is 0. The largest absolute Gasteiger partial charge is 0.360 e. The Morgan fingerprint density at radius 2 is 2.04 bits per heavy atom. The number of likely N-dealkylation sites (tertiary alicyclic amines) is 1. The molecule has 1 N–H and O–H groups in total. The molecule has 0 saturated carbocycles. The first-order valence-corrected chi connectivity index (χ1v) is 9.41. The first-order chi connectivity index (χ1) is 13.6. The van der Waals surface area contributed by atoms with Gasteiger partial charge in [0.05, 0.1) is 18.3 Å². The number of nitrogens with zero attached hydrogens (tertiary/aromatic N) is 2. The van der Waals surface area contributed by atoms with Gasteiger partial charge in [0.2, 0.25) is 5.91 Å². The molecule has 1 saturated heterocycles. The molecule has 144 valence electrons. The summed E-state index contributed by atoms with van der Waals surface area (Å²) in [4.78, 5) is 14.9. The van der Waals surface area contributed by atoms with Crippen LogP contribution in [-0.4, -0.2) is 28.6 Å². The van der Waals surface area contributed by atoms with Gasteiger partial charge in [-0.1, -0.05) is 29.4 Å². The summed E-state index contributed by atoms with van der Waals surface area (Å²) in [6.45, 7) is 3.32. The minimum atomic E-state index is -0.266. The normalized spacial score (nSPS) is 17.0. The first-order valence-electron chi connectivity index (χ1n) is 9.41. The van der Waals surface area contributed by atoms with Crippen molar-refractivity contribution in [2.75, 3.05) is 11.9 Å². The summed E-state index contributed by atoms with van der Waals surface area (Å²) in [6, 6.07) is 15.6. The molecule has 0 bridgehead atoms. The third kappa shape index (κ3) is 4.12. The van der Waals surface area contributed by atoms with Crippen LogP contribution in [0.4, 0.5) is 10.1 Å². The Labute approximate surface area is 163 Å². The Morgan fingerprint density at radius 1 is 1.21 bits per heavy atom. The number of carbonyl (C=O) groups is 1. The molecule has 4 rings (SSSR count).